The van der Waals surface area contributed by atoms with Gasteiger partial charge in [0, 0.05) is 10.9 Å². The molecule has 0 bridgehead atoms. The zero-order chi connectivity index (χ0) is 14.0. The molecule has 2 aromatic carbocycles. The molecule has 0 aliphatic carbocycles. The highest BCUT2D eigenvalue weighted by atomic mass is 35.5. The number of halogens is 2. The normalized spacial score (nSPS) is 14.2. The Morgan fingerprint density at radius 2 is 1.53 bits per heavy atom. The third-order valence-electron chi connectivity index (χ3n) is 3.67. The zero-order valence-corrected chi connectivity index (χ0v) is 13.0. The number of rotatable bonds is 3. The van der Waals surface area contributed by atoms with E-state index in [1.54, 1.807) is 0 Å². The smallest absolute Gasteiger partial charge is 0.0665 e. The maximum Gasteiger partial charge on any atom is 0.0665 e. The second-order valence-corrected chi connectivity index (χ2v) is 5.94. The van der Waals surface area contributed by atoms with Crippen LogP contribution in [-0.4, -0.2) is 0 Å². The largest absolute Gasteiger partial charge is 0.117 e. The van der Waals surface area contributed by atoms with E-state index >= 15 is 0 Å². The van der Waals surface area contributed by atoms with Gasteiger partial charge < -0.3 is 0 Å². The van der Waals surface area contributed by atoms with Gasteiger partial charge in [0.25, 0.3) is 0 Å². The molecular formula is C17H18Cl2. The lowest BCUT2D eigenvalue weighted by Gasteiger charge is -2.21. The Labute approximate surface area is 125 Å². The van der Waals surface area contributed by atoms with E-state index in [2.05, 4.69) is 39.0 Å². The third-order valence-corrected chi connectivity index (χ3v) is 4.61. The van der Waals surface area contributed by atoms with Crippen molar-refractivity contribution in [2.75, 3.05) is 0 Å². The highest BCUT2D eigenvalue weighted by molar-refractivity contribution is 6.33. The van der Waals surface area contributed by atoms with Gasteiger partial charge in [0.05, 0.1) is 5.38 Å². The molecule has 0 aromatic heterocycles. The maximum absolute atomic E-state index is 6.64. The van der Waals surface area contributed by atoms with Crippen LogP contribution >= 0.6 is 23.2 Å². The fourth-order valence-corrected chi connectivity index (χ4v) is 2.93. The summed E-state index contributed by atoms with van der Waals surface area (Å²) in [4.78, 5) is 0. The molecule has 2 rings (SSSR count). The van der Waals surface area contributed by atoms with Crippen molar-refractivity contribution in [1.29, 1.82) is 0 Å². The average molecular weight is 293 g/mol. The highest BCUT2D eigenvalue weighted by Crippen LogP contribution is 2.39. The molecule has 2 heteroatoms. The Morgan fingerprint density at radius 1 is 0.947 bits per heavy atom. The number of alkyl halides is 1. The first-order chi connectivity index (χ1) is 9.00. The van der Waals surface area contributed by atoms with E-state index in [0.29, 0.717) is 0 Å². The number of hydrogen-bond acceptors (Lipinski definition) is 0. The van der Waals surface area contributed by atoms with Crippen molar-refractivity contribution < 1.29 is 0 Å². The van der Waals surface area contributed by atoms with Gasteiger partial charge in [-0.1, -0.05) is 54.9 Å². The van der Waals surface area contributed by atoms with Crippen molar-refractivity contribution in [3.05, 3.63) is 69.7 Å². The Hall–Kier alpha value is -0.980. The first kappa shape index (κ1) is 14.4. The third kappa shape index (κ3) is 3.13. The molecule has 19 heavy (non-hydrogen) atoms. The van der Waals surface area contributed by atoms with E-state index < -0.39 is 0 Å². The van der Waals surface area contributed by atoms with Gasteiger partial charge >= 0.3 is 0 Å². The molecule has 0 spiro atoms. The van der Waals surface area contributed by atoms with E-state index in [1.807, 2.05) is 24.3 Å². The van der Waals surface area contributed by atoms with E-state index in [-0.39, 0.29) is 11.3 Å². The first-order valence-electron chi connectivity index (χ1n) is 6.46. The Bertz CT molecular complexity index is 561. The van der Waals surface area contributed by atoms with Crippen molar-refractivity contribution in [3.8, 4) is 0 Å². The first-order valence-corrected chi connectivity index (χ1v) is 7.28. The van der Waals surface area contributed by atoms with Gasteiger partial charge in [0.15, 0.2) is 0 Å². The van der Waals surface area contributed by atoms with Crippen molar-refractivity contribution in [3.63, 3.8) is 0 Å². The van der Waals surface area contributed by atoms with Crippen molar-refractivity contribution >= 4 is 23.2 Å². The monoisotopic (exact) mass is 292 g/mol. The molecule has 0 radical (unpaired) electrons. The van der Waals surface area contributed by atoms with Gasteiger partial charge in [-0.05, 0) is 42.2 Å². The average Bonchev–Trinajstić information content (AvgIpc) is 2.42. The summed E-state index contributed by atoms with van der Waals surface area (Å²) in [7, 11) is 0. The van der Waals surface area contributed by atoms with Crippen LogP contribution in [0.15, 0.2) is 42.5 Å². The summed E-state index contributed by atoms with van der Waals surface area (Å²) in [5.41, 5.74) is 4.68. The van der Waals surface area contributed by atoms with Crippen LogP contribution in [0.4, 0.5) is 0 Å². The van der Waals surface area contributed by atoms with E-state index in [1.165, 1.54) is 16.7 Å². The molecule has 0 saturated carbocycles. The SMILES string of the molecule is Cc1cc(Cl)c(C(Cl)C(C)c2ccccc2)cc1C. The standard InChI is InChI=1S/C17H18Cl2/c1-11-9-15(16(18)10-12(11)2)17(19)13(3)14-7-5-4-6-8-14/h4-10,13,17H,1-3H3. The summed E-state index contributed by atoms with van der Waals surface area (Å²) in [5.74, 6) is 0.225. The van der Waals surface area contributed by atoms with Gasteiger partial charge in [-0.3, -0.25) is 0 Å². The van der Waals surface area contributed by atoms with Gasteiger partial charge in [-0.25, -0.2) is 0 Å². The van der Waals surface area contributed by atoms with Crippen LogP contribution in [0.3, 0.4) is 0 Å². The van der Waals surface area contributed by atoms with Crippen molar-refractivity contribution in [2.45, 2.75) is 32.1 Å². The molecule has 0 saturated heterocycles. The molecule has 0 aliphatic heterocycles. The minimum atomic E-state index is -0.116. The van der Waals surface area contributed by atoms with Gasteiger partial charge in [-0.2, -0.15) is 0 Å². The van der Waals surface area contributed by atoms with Crippen molar-refractivity contribution in [2.24, 2.45) is 0 Å². The summed E-state index contributed by atoms with van der Waals surface area (Å²) < 4.78 is 0. The summed E-state index contributed by atoms with van der Waals surface area (Å²) in [6.07, 6.45) is 0. The number of hydrogen-bond donors (Lipinski definition) is 0. The molecule has 2 aromatic rings. The Balaban J connectivity index is 2.34. The molecule has 100 valence electrons. The number of aryl methyl sites for hydroxylation is 2. The van der Waals surface area contributed by atoms with E-state index in [4.69, 9.17) is 23.2 Å². The summed E-state index contributed by atoms with van der Waals surface area (Å²) in [6.45, 7) is 6.29. The molecule has 0 N–H and O–H groups in total. The molecule has 0 aliphatic rings. The lowest BCUT2D eigenvalue weighted by Crippen LogP contribution is -2.04. The van der Waals surface area contributed by atoms with Gasteiger partial charge in [0.2, 0.25) is 0 Å². The fraction of sp³-hybridized carbons (Fsp3) is 0.294. The molecule has 0 heterocycles. The lowest BCUT2D eigenvalue weighted by molar-refractivity contribution is 0.731. The number of benzene rings is 2. The van der Waals surface area contributed by atoms with Gasteiger partial charge in [0.1, 0.15) is 0 Å². The van der Waals surface area contributed by atoms with E-state index in [9.17, 15) is 0 Å². The van der Waals surface area contributed by atoms with Crippen molar-refractivity contribution in [1.82, 2.24) is 0 Å². The highest BCUT2D eigenvalue weighted by Gasteiger charge is 2.21. The van der Waals surface area contributed by atoms with Crippen LogP contribution in [0.5, 0.6) is 0 Å². The molecular weight excluding hydrogens is 275 g/mol. The van der Waals surface area contributed by atoms with Crippen LogP contribution in [0.1, 0.15) is 40.5 Å². The quantitative estimate of drug-likeness (QED) is 0.605. The predicted molar refractivity (Wildman–Crippen MR) is 84.4 cm³/mol. The topological polar surface area (TPSA) is 0 Å². The Kier molecular flexibility index (Phi) is 4.54. The molecule has 2 unspecified atom stereocenters. The second kappa shape index (κ2) is 5.98. The summed E-state index contributed by atoms with van der Waals surface area (Å²) in [5, 5.41) is 0.639. The zero-order valence-electron chi connectivity index (χ0n) is 11.5. The summed E-state index contributed by atoms with van der Waals surface area (Å²) >= 11 is 13.0. The maximum atomic E-state index is 6.64. The fourth-order valence-electron chi connectivity index (χ4n) is 2.21. The van der Waals surface area contributed by atoms with Crippen LogP contribution in [0, 0.1) is 13.8 Å². The minimum Gasteiger partial charge on any atom is -0.117 e. The summed E-state index contributed by atoms with van der Waals surface area (Å²) in [6, 6.07) is 14.4. The second-order valence-electron chi connectivity index (χ2n) is 5.06. The van der Waals surface area contributed by atoms with Crippen LogP contribution in [0.25, 0.3) is 0 Å². The van der Waals surface area contributed by atoms with Crippen LogP contribution < -0.4 is 0 Å². The van der Waals surface area contributed by atoms with E-state index in [0.717, 1.165) is 10.6 Å². The molecule has 0 amide bonds. The molecule has 0 fully saturated rings. The molecule has 0 nitrogen and oxygen atoms in total. The van der Waals surface area contributed by atoms with Gasteiger partial charge in [-0.15, -0.1) is 11.6 Å². The lowest BCUT2D eigenvalue weighted by atomic mass is 9.92. The van der Waals surface area contributed by atoms with Crippen LogP contribution in [-0.2, 0) is 0 Å². The predicted octanol–water partition coefficient (Wildman–Crippen LogP) is 6.04. The van der Waals surface area contributed by atoms with Crippen LogP contribution in [0.2, 0.25) is 5.02 Å². The Morgan fingerprint density at radius 3 is 2.16 bits per heavy atom. The molecule has 2 atom stereocenters. The minimum absolute atomic E-state index is 0.116.